The van der Waals surface area contributed by atoms with E-state index in [1.165, 1.54) is 12.8 Å². The number of hydrogen-bond acceptors (Lipinski definition) is 3. The van der Waals surface area contributed by atoms with Gasteiger partial charge in [0.05, 0.1) is 0 Å². The molecule has 3 heteroatoms. The van der Waals surface area contributed by atoms with Crippen molar-refractivity contribution in [1.29, 1.82) is 0 Å². The monoisotopic (exact) mass is 192 g/mol. The standard InChI is InChI=1S/C8H16OS2/c1-8(11-3)6-7(10-2)4-5-9-8/h7H,4-6H2,1-3H3. The summed E-state index contributed by atoms with van der Waals surface area (Å²) >= 11 is 3.80. The Labute approximate surface area is 77.6 Å². The van der Waals surface area contributed by atoms with Crippen LogP contribution in [0.4, 0.5) is 0 Å². The molecule has 0 N–H and O–H groups in total. The Morgan fingerprint density at radius 2 is 2.18 bits per heavy atom. The summed E-state index contributed by atoms with van der Waals surface area (Å²) in [5.74, 6) is 0. The Hall–Kier alpha value is 0.660. The molecule has 2 unspecified atom stereocenters. The Kier molecular flexibility index (Phi) is 3.59. The smallest absolute Gasteiger partial charge is 0.111 e. The van der Waals surface area contributed by atoms with E-state index in [1.54, 1.807) is 0 Å². The molecular weight excluding hydrogens is 176 g/mol. The van der Waals surface area contributed by atoms with Gasteiger partial charge in [0, 0.05) is 11.9 Å². The van der Waals surface area contributed by atoms with E-state index in [2.05, 4.69) is 19.4 Å². The predicted octanol–water partition coefficient (Wildman–Crippen LogP) is 2.61. The van der Waals surface area contributed by atoms with Crippen molar-refractivity contribution in [3.8, 4) is 0 Å². The second kappa shape index (κ2) is 4.06. The van der Waals surface area contributed by atoms with Gasteiger partial charge in [0.1, 0.15) is 4.93 Å². The fraction of sp³-hybridized carbons (Fsp3) is 1.00. The van der Waals surface area contributed by atoms with Crippen LogP contribution in [-0.2, 0) is 4.74 Å². The third-order valence-electron chi connectivity index (χ3n) is 2.21. The molecule has 0 aliphatic carbocycles. The average Bonchev–Trinajstić information content (AvgIpc) is 2.05. The highest BCUT2D eigenvalue weighted by atomic mass is 32.2. The summed E-state index contributed by atoms with van der Waals surface area (Å²) in [6.45, 7) is 3.13. The maximum atomic E-state index is 5.70. The Morgan fingerprint density at radius 1 is 1.45 bits per heavy atom. The second-order valence-corrected chi connectivity index (χ2v) is 5.45. The molecule has 1 aliphatic heterocycles. The van der Waals surface area contributed by atoms with Crippen molar-refractivity contribution < 1.29 is 4.74 Å². The van der Waals surface area contributed by atoms with Crippen LogP contribution in [-0.4, -0.2) is 29.3 Å². The molecule has 1 rings (SSSR count). The third-order valence-corrected chi connectivity index (χ3v) is 4.43. The molecule has 0 amide bonds. The molecule has 1 nitrogen and oxygen atoms in total. The first-order valence-electron chi connectivity index (χ1n) is 3.92. The molecule has 1 aliphatic rings. The summed E-state index contributed by atoms with van der Waals surface area (Å²) in [7, 11) is 0. The average molecular weight is 192 g/mol. The lowest BCUT2D eigenvalue weighted by Gasteiger charge is -2.36. The van der Waals surface area contributed by atoms with Crippen molar-refractivity contribution in [3.05, 3.63) is 0 Å². The van der Waals surface area contributed by atoms with Crippen LogP contribution in [0.3, 0.4) is 0 Å². The van der Waals surface area contributed by atoms with Gasteiger partial charge in [-0.1, -0.05) is 0 Å². The first kappa shape index (κ1) is 9.75. The van der Waals surface area contributed by atoms with Gasteiger partial charge >= 0.3 is 0 Å². The fourth-order valence-electron chi connectivity index (χ4n) is 1.32. The molecule has 66 valence electrons. The highest BCUT2D eigenvalue weighted by Gasteiger charge is 2.31. The van der Waals surface area contributed by atoms with Crippen molar-refractivity contribution in [1.82, 2.24) is 0 Å². The maximum absolute atomic E-state index is 5.70. The van der Waals surface area contributed by atoms with Crippen LogP contribution in [0.5, 0.6) is 0 Å². The molecule has 0 spiro atoms. The summed E-state index contributed by atoms with van der Waals surface area (Å²) in [6.07, 6.45) is 6.73. The molecule has 2 atom stereocenters. The first-order valence-corrected chi connectivity index (χ1v) is 6.43. The number of rotatable bonds is 2. The van der Waals surface area contributed by atoms with Gasteiger partial charge in [-0.25, -0.2) is 0 Å². The van der Waals surface area contributed by atoms with Gasteiger partial charge in [0.25, 0.3) is 0 Å². The minimum Gasteiger partial charge on any atom is -0.365 e. The van der Waals surface area contributed by atoms with E-state index >= 15 is 0 Å². The zero-order valence-corrected chi connectivity index (χ0v) is 9.06. The SMILES string of the molecule is CSC1CCOC(C)(SC)C1. The topological polar surface area (TPSA) is 9.23 Å². The lowest BCUT2D eigenvalue weighted by Crippen LogP contribution is -2.34. The third kappa shape index (κ3) is 2.56. The molecule has 0 saturated carbocycles. The summed E-state index contributed by atoms with van der Waals surface area (Å²) in [5, 5.41) is 0.807. The van der Waals surface area contributed by atoms with Crippen LogP contribution in [0.15, 0.2) is 0 Å². The minimum atomic E-state index is 0.0892. The second-order valence-electron chi connectivity index (χ2n) is 3.04. The van der Waals surface area contributed by atoms with Crippen molar-refractivity contribution in [3.63, 3.8) is 0 Å². The van der Waals surface area contributed by atoms with E-state index in [0.717, 1.165) is 11.9 Å². The maximum Gasteiger partial charge on any atom is 0.111 e. The molecule has 0 radical (unpaired) electrons. The molecular formula is C8H16OS2. The molecule has 1 fully saturated rings. The molecule has 1 heterocycles. The van der Waals surface area contributed by atoms with E-state index in [1.807, 2.05) is 23.5 Å². The molecule has 0 bridgehead atoms. The predicted molar refractivity (Wildman–Crippen MR) is 54.4 cm³/mol. The van der Waals surface area contributed by atoms with Crippen LogP contribution in [0.25, 0.3) is 0 Å². The van der Waals surface area contributed by atoms with E-state index in [4.69, 9.17) is 4.74 Å². The molecule has 11 heavy (non-hydrogen) atoms. The first-order chi connectivity index (χ1) is 5.20. The summed E-state index contributed by atoms with van der Waals surface area (Å²) < 4.78 is 5.70. The Bertz CT molecular complexity index is 129. The normalized spacial score (nSPS) is 39.0. The lowest BCUT2D eigenvalue weighted by atomic mass is 10.1. The summed E-state index contributed by atoms with van der Waals surface area (Å²) in [4.78, 5) is 0.0892. The Morgan fingerprint density at radius 3 is 2.73 bits per heavy atom. The van der Waals surface area contributed by atoms with Crippen LogP contribution in [0, 0.1) is 0 Å². The van der Waals surface area contributed by atoms with Crippen molar-refractivity contribution >= 4 is 23.5 Å². The zero-order chi connectivity index (χ0) is 8.32. The van der Waals surface area contributed by atoms with Gasteiger partial charge in [-0.3, -0.25) is 0 Å². The highest BCUT2D eigenvalue weighted by Crippen LogP contribution is 2.37. The number of thioether (sulfide) groups is 2. The van der Waals surface area contributed by atoms with E-state index in [9.17, 15) is 0 Å². The van der Waals surface area contributed by atoms with Gasteiger partial charge in [-0.2, -0.15) is 11.8 Å². The van der Waals surface area contributed by atoms with Crippen molar-refractivity contribution in [2.24, 2.45) is 0 Å². The molecule has 1 saturated heterocycles. The Balaban J connectivity index is 2.44. The number of ether oxygens (including phenoxy) is 1. The highest BCUT2D eigenvalue weighted by molar-refractivity contribution is 8.00. The fourth-order valence-corrected chi connectivity index (χ4v) is 2.82. The van der Waals surface area contributed by atoms with E-state index in [-0.39, 0.29) is 4.93 Å². The molecule has 0 aromatic heterocycles. The molecule has 0 aromatic rings. The van der Waals surface area contributed by atoms with Gasteiger partial charge in [-0.05, 0) is 32.3 Å². The van der Waals surface area contributed by atoms with Crippen LogP contribution < -0.4 is 0 Å². The quantitative estimate of drug-likeness (QED) is 0.665. The van der Waals surface area contributed by atoms with E-state index < -0.39 is 0 Å². The van der Waals surface area contributed by atoms with Gasteiger partial charge in [0.2, 0.25) is 0 Å². The van der Waals surface area contributed by atoms with Crippen LogP contribution in [0.1, 0.15) is 19.8 Å². The van der Waals surface area contributed by atoms with E-state index in [0.29, 0.717) is 0 Å². The largest absolute Gasteiger partial charge is 0.365 e. The van der Waals surface area contributed by atoms with Crippen molar-refractivity contribution in [2.75, 3.05) is 19.1 Å². The van der Waals surface area contributed by atoms with Gasteiger partial charge < -0.3 is 4.74 Å². The van der Waals surface area contributed by atoms with Gasteiger partial charge in [-0.15, -0.1) is 11.8 Å². The minimum absolute atomic E-state index is 0.0892. The summed E-state index contributed by atoms with van der Waals surface area (Å²) in [6, 6.07) is 0. The lowest BCUT2D eigenvalue weighted by molar-refractivity contribution is 0.00547. The van der Waals surface area contributed by atoms with Crippen LogP contribution >= 0.6 is 23.5 Å². The number of hydrogen-bond donors (Lipinski definition) is 0. The van der Waals surface area contributed by atoms with Gasteiger partial charge in [0.15, 0.2) is 0 Å². The van der Waals surface area contributed by atoms with Crippen LogP contribution in [0.2, 0.25) is 0 Å². The summed E-state index contributed by atoms with van der Waals surface area (Å²) in [5.41, 5.74) is 0. The zero-order valence-electron chi connectivity index (χ0n) is 7.42. The van der Waals surface area contributed by atoms with Crippen molar-refractivity contribution in [2.45, 2.75) is 29.9 Å². The molecule has 0 aromatic carbocycles.